The lowest BCUT2D eigenvalue weighted by Gasteiger charge is -2.37. The van der Waals surface area contributed by atoms with Crippen molar-refractivity contribution in [3.8, 4) is 0 Å². The average Bonchev–Trinajstić information content (AvgIpc) is 2.85. The standard InChI is InChI=1S/C26H31N3O4S/c1-26(2,3)19-10-7-17(8-11-19)5-6-18-9-12-22-21(15-18)25(31)29-14-13-20(28-34(4,32)33)16-23(29)24(30)27-22/h5-12,15,20,23,28H,13-14,16H2,1-4H3,(H,27,30). The molecule has 0 radical (unpaired) electrons. The number of sulfonamides is 1. The first-order chi connectivity index (χ1) is 15.9. The molecule has 2 aliphatic heterocycles. The van der Waals surface area contributed by atoms with E-state index in [2.05, 4.69) is 55.1 Å². The summed E-state index contributed by atoms with van der Waals surface area (Å²) >= 11 is 0. The highest BCUT2D eigenvalue weighted by atomic mass is 32.2. The number of rotatable bonds is 4. The maximum Gasteiger partial charge on any atom is 0.256 e. The second kappa shape index (κ2) is 9.00. The second-order valence-corrected chi connectivity index (χ2v) is 11.9. The lowest BCUT2D eigenvalue weighted by Crippen LogP contribution is -2.54. The number of nitrogens with zero attached hydrogens (tertiary/aromatic N) is 1. The van der Waals surface area contributed by atoms with Crippen LogP contribution in [0.1, 0.15) is 60.7 Å². The van der Waals surface area contributed by atoms with Crippen LogP contribution in [0.15, 0.2) is 42.5 Å². The van der Waals surface area contributed by atoms with Crippen LogP contribution in [0.3, 0.4) is 0 Å². The molecule has 0 saturated carbocycles. The minimum absolute atomic E-state index is 0.0945. The van der Waals surface area contributed by atoms with Crippen LogP contribution in [0, 0.1) is 0 Å². The van der Waals surface area contributed by atoms with Crippen LogP contribution < -0.4 is 10.0 Å². The number of benzene rings is 2. The summed E-state index contributed by atoms with van der Waals surface area (Å²) in [5.74, 6) is -0.518. The minimum atomic E-state index is -3.39. The zero-order chi connectivity index (χ0) is 24.7. The van der Waals surface area contributed by atoms with Gasteiger partial charge < -0.3 is 10.2 Å². The lowest BCUT2D eigenvalue weighted by molar-refractivity contribution is -0.121. The van der Waals surface area contributed by atoms with Crippen LogP contribution in [-0.2, 0) is 20.2 Å². The van der Waals surface area contributed by atoms with Gasteiger partial charge in [0.2, 0.25) is 15.9 Å². The van der Waals surface area contributed by atoms with Crippen LogP contribution >= 0.6 is 0 Å². The van der Waals surface area contributed by atoms with Crippen LogP contribution in [0.5, 0.6) is 0 Å². The molecule has 0 aliphatic carbocycles. The number of hydrogen-bond donors (Lipinski definition) is 2. The summed E-state index contributed by atoms with van der Waals surface area (Å²) in [6.07, 6.45) is 5.75. The molecule has 1 fully saturated rings. The molecule has 2 N–H and O–H groups in total. The van der Waals surface area contributed by atoms with Crippen molar-refractivity contribution in [2.45, 2.75) is 51.1 Å². The topological polar surface area (TPSA) is 95.6 Å². The number of piperidine rings is 1. The van der Waals surface area contributed by atoms with Gasteiger partial charge in [0, 0.05) is 12.6 Å². The Kier molecular flexibility index (Phi) is 6.40. The first-order valence-electron chi connectivity index (χ1n) is 11.4. The van der Waals surface area contributed by atoms with E-state index in [1.165, 1.54) is 5.56 Å². The first kappa shape index (κ1) is 24.2. The molecule has 4 rings (SSSR count). The Morgan fingerprint density at radius 1 is 1.03 bits per heavy atom. The molecule has 2 unspecified atom stereocenters. The molecule has 2 amide bonds. The van der Waals surface area contributed by atoms with Crippen molar-refractivity contribution in [1.82, 2.24) is 9.62 Å². The van der Waals surface area contributed by atoms with Gasteiger partial charge in [-0.2, -0.15) is 0 Å². The molecule has 34 heavy (non-hydrogen) atoms. The van der Waals surface area contributed by atoms with Gasteiger partial charge in [0.15, 0.2) is 0 Å². The number of nitrogens with one attached hydrogen (secondary N) is 2. The largest absolute Gasteiger partial charge is 0.326 e. The highest BCUT2D eigenvalue weighted by molar-refractivity contribution is 7.88. The Balaban J connectivity index is 1.54. The van der Waals surface area contributed by atoms with E-state index in [9.17, 15) is 18.0 Å². The monoisotopic (exact) mass is 481 g/mol. The summed E-state index contributed by atoms with van der Waals surface area (Å²) in [5, 5.41) is 2.85. The first-order valence-corrected chi connectivity index (χ1v) is 13.3. The number of hydrogen-bond acceptors (Lipinski definition) is 4. The van der Waals surface area contributed by atoms with Gasteiger partial charge >= 0.3 is 0 Å². The van der Waals surface area contributed by atoms with Gasteiger partial charge in [0.05, 0.1) is 17.5 Å². The van der Waals surface area contributed by atoms with E-state index in [1.54, 1.807) is 17.0 Å². The van der Waals surface area contributed by atoms with Crippen molar-refractivity contribution in [1.29, 1.82) is 0 Å². The molecule has 1 saturated heterocycles. The Morgan fingerprint density at radius 2 is 1.68 bits per heavy atom. The fourth-order valence-electron chi connectivity index (χ4n) is 4.48. The van der Waals surface area contributed by atoms with Crippen LogP contribution in [0.25, 0.3) is 12.2 Å². The molecule has 0 spiro atoms. The zero-order valence-electron chi connectivity index (χ0n) is 20.0. The van der Waals surface area contributed by atoms with E-state index in [-0.39, 0.29) is 29.7 Å². The second-order valence-electron chi connectivity index (χ2n) is 10.1. The van der Waals surface area contributed by atoms with Gasteiger partial charge in [0.25, 0.3) is 5.91 Å². The summed E-state index contributed by atoms with van der Waals surface area (Å²) in [5.41, 5.74) is 4.19. The predicted octanol–water partition coefficient (Wildman–Crippen LogP) is 3.63. The molecule has 0 bridgehead atoms. The Labute approximate surface area is 201 Å². The Morgan fingerprint density at radius 3 is 2.32 bits per heavy atom. The average molecular weight is 482 g/mol. The van der Waals surface area contributed by atoms with Crippen molar-refractivity contribution in [3.05, 3.63) is 64.7 Å². The number of carbonyl (C=O) groups excluding carboxylic acids is 2. The molecule has 2 aliphatic rings. The highest BCUT2D eigenvalue weighted by Gasteiger charge is 2.40. The molecular formula is C26H31N3O4S. The van der Waals surface area contributed by atoms with Crippen molar-refractivity contribution in [2.75, 3.05) is 18.1 Å². The van der Waals surface area contributed by atoms with Crippen molar-refractivity contribution in [2.24, 2.45) is 0 Å². The highest BCUT2D eigenvalue weighted by Crippen LogP contribution is 2.30. The number of fused-ring (bicyclic) bond motifs is 2. The summed E-state index contributed by atoms with van der Waals surface area (Å²) < 4.78 is 25.8. The van der Waals surface area contributed by atoms with Crippen molar-refractivity contribution >= 4 is 39.7 Å². The number of carbonyl (C=O) groups is 2. The van der Waals surface area contributed by atoms with Gasteiger partial charge in [-0.3, -0.25) is 9.59 Å². The quantitative estimate of drug-likeness (QED) is 0.652. The van der Waals surface area contributed by atoms with Gasteiger partial charge in [-0.15, -0.1) is 0 Å². The minimum Gasteiger partial charge on any atom is -0.326 e. The van der Waals surface area contributed by atoms with Crippen molar-refractivity contribution < 1.29 is 18.0 Å². The molecule has 0 aromatic heterocycles. The maximum absolute atomic E-state index is 13.3. The van der Waals surface area contributed by atoms with Crippen LogP contribution in [0.4, 0.5) is 5.69 Å². The summed E-state index contributed by atoms with van der Waals surface area (Å²) in [6.45, 7) is 6.85. The van der Waals surface area contributed by atoms with Gasteiger partial charge in [0.1, 0.15) is 6.04 Å². The third kappa shape index (κ3) is 5.39. The van der Waals surface area contributed by atoms with Crippen LogP contribution in [0.2, 0.25) is 0 Å². The Hall–Kier alpha value is -2.97. The summed E-state index contributed by atoms with van der Waals surface area (Å²) in [6, 6.07) is 12.7. The SMILES string of the molecule is CC(C)(C)c1ccc(C=Cc2ccc3c(c2)C(=O)N2CCC(NS(C)(=O)=O)CC2C(=O)N3)cc1. The van der Waals surface area contributed by atoms with E-state index >= 15 is 0 Å². The van der Waals surface area contributed by atoms with E-state index in [0.29, 0.717) is 24.2 Å². The third-order valence-corrected chi connectivity index (χ3v) is 7.09. The zero-order valence-corrected chi connectivity index (χ0v) is 20.8. The summed E-state index contributed by atoms with van der Waals surface area (Å²) in [7, 11) is -3.39. The molecule has 2 heterocycles. The fraction of sp³-hybridized carbons (Fsp3) is 0.385. The Bertz CT molecular complexity index is 1240. The molecule has 180 valence electrons. The van der Waals surface area contributed by atoms with Crippen molar-refractivity contribution in [3.63, 3.8) is 0 Å². The molecule has 7 nitrogen and oxygen atoms in total. The fourth-order valence-corrected chi connectivity index (χ4v) is 5.30. The lowest BCUT2D eigenvalue weighted by atomic mass is 9.87. The van der Waals surface area contributed by atoms with E-state index < -0.39 is 16.1 Å². The smallest absolute Gasteiger partial charge is 0.256 e. The third-order valence-electron chi connectivity index (χ3n) is 6.32. The van der Waals surface area contributed by atoms with E-state index in [0.717, 1.165) is 17.4 Å². The van der Waals surface area contributed by atoms with E-state index in [4.69, 9.17) is 0 Å². The number of amides is 2. The van der Waals surface area contributed by atoms with Gasteiger partial charge in [-0.1, -0.05) is 63.3 Å². The molecular weight excluding hydrogens is 450 g/mol. The summed E-state index contributed by atoms with van der Waals surface area (Å²) in [4.78, 5) is 27.8. The molecule has 2 atom stereocenters. The predicted molar refractivity (Wildman–Crippen MR) is 135 cm³/mol. The molecule has 2 aromatic rings. The van der Waals surface area contributed by atoms with Gasteiger partial charge in [-0.25, -0.2) is 13.1 Å². The maximum atomic E-state index is 13.3. The normalized spacial score (nSPS) is 21.1. The number of anilines is 1. The molecule has 2 aromatic carbocycles. The van der Waals surface area contributed by atoms with E-state index in [1.807, 2.05) is 18.2 Å². The van der Waals surface area contributed by atoms with Crippen LogP contribution in [-0.4, -0.2) is 50.0 Å². The van der Waals surface area contributed by atoms with Gasteiger partial charge in [-0.05, 0) is 47.1 Å². The molecule has 8 heteroatoms.